The number of Topliss-reactive ketones (excluding diaryl/α,β-unsaturated/α-hetero) is 1. The highest BCUT2D eigenvalue weighted by Gasteiger charge is 2.55. The highest BCUT2D eigenvalue weighted by molar-refractivity contribution is 6.06. The number of nitrogens with zero attached hydrogens (tertiary/aromatic N) is 2. The fourth-order valence-electron chi connectivity index (χ4n) is 3.36. The fourth-order valence-corrected chi connectivity index (χ4v) is 3.36. The molecule has 6 nitrogen and oxygen atoms in total. The molecule has 2 fully saturated rings. The highest BCUT2D eigenvalue weighted by atomic mass is 16.5. The Balaban J connectivity index is 1.97. The molecule has 0 N–H and O–H groups in total. The summed E-state index contributed by atoms with van der Waals surface area (Å²) in [6.07, 6.45) is 3.04. The minimum atomic E-state index is -0.561. The number of fused-ring (bicyclic) bond motifs is 1. The molecule has 0 radical (unpaired) electrons. The Labute approximate surface area is 134 Å². The van der Waals surface area contributed by atoms with Gasteiger partial charge in [-0.05, 0) is 45.6 Å². The van der Waals surface area contributed by atoms with Gasteiger partial charge in [0.2, 0.25) is 0 Å². The van der Waals surface area contributed by atoms with E-state index in [4.69, 9.17) is 4.74 Å². The molecule has 0 unspecified atom stereocenters. The Hall–Kier alpha value is -2.24. The van der Waals surface area contributed by atoms with E-state index in [-0.39, 0.29) is 41.5 Å². The summed E-state index contributed by atoms with van der Waals surface area (Å²) < 4.78 is 5.02. The molecule has 6 heteroatoms. The lowest BCUT2D eigenvalue weighted by Crippen LogP contribution is -2.42. The molecule has 1 aromatic rings. The smallest absolute Gasteiger partial charge is 0.340 e. The maximum Gasteiger partial charge on any atom is 0.340 e. The summed E-state index contributed by atoms with van der Waals surface area (Å²) in [5.74, 6) is -0.422. The van der Waals surface area contributed by atoms with Crippen LogP contribution >= 0.6 is 0 Å². The number of ketones is 1. The zero-order valence-corrected chi connectivity index (χ0v) is 13.5. The molecule has 1 amide bonds. The van der Waals surface area contributed by atoms with Crippen LogP contribution in [-0.2, 0) is 9.53 Å². The Bertz CT molecular complexity index is 685. The number of piperidine rings is 1. The maximum absolute atomic E-state index is 13.0. The first-order chi connectivity index (χ1) is 10.9. The van der Waals surface area contributed by atoms with Gasteiger partial charge in [0.25, 0.3) is 5.91 Å². The van der Waals surface area contributed by atoms with Crippen LogP contribution in [0.5, 0.6) is 0 Å². The molecule has 0 spiro atoms. The van der Waals surface area contributed by atoms with Gasteiger partial charge in [0, 0.05) is 17.9 Å². The minimum absolute atomic E-state index is 0.00554. The van der Waals surface area contributed by atoms with Crippen molar-refractivity contribution in [2.24, 2.45) is 5.92 Å². The minimum Gasteiger partial charge on any atom is -0.462 e. The van der Waals surface area contributed by atoms with E-state index in [0.717, 1.165) is 12.8 Å². The molecule has 0 bridgehead atoms. The van der Waals surface area contributed by atoms with E-state index in [1.807, 2.05) is 0 Å². The van der Waals surface area contributed by atoms with Gasteiger partial charge in [-0.1, -0.05) is 0 Å². The third kappa shape index (κ3) is 2.73. The number of ether oxygens (including phenoxy) is 1. The SMILES string of the molecule is CCOC(=O)c1cnc(C)cc1C(=O)N1[C@@H](C(C)=O)C[C@H]2C[C@H]21. The normalized spacial score (nSPS) is 25.0. The van der Waals surface area contributed by atoms with Crippen molar-refractivity contribution in [1.29, 1.82) is 0 Å². The van der Waals surface area contributed by atoms with Crippen molar-refractivity contribution in [3.8, 4) is 0 Å². The summed E-state index contributed by atoms with van der Waals surface area (Å²) in [5, 5.41) is 0. The van der Waals surface area contributed by atoms with Crippen molar-refractivity contribution in [3.63, 3.8) is 0 Å². The van der Waals surface area contributed by atoms with E-state index in [1.54, 1.807) is 24.8 Å². The molecule has 1 saturated heterocycles. The number of carbonyl (C=O) groups is 3. The number of amides is 1. The largest absolute Gasteiger partial charge is 0.462 e. The van der Waals surface area contributed by atoms with Gasteiger partial charge in [0.1, 0.15) is 0 Å². The molecule has 3 rings (SSSR count). The van der Waals surface area contributed by atoms with E-state index < -0.39 is 5.97 Å². The molecule has 0 aromatic carbocycles. The molecule has 1 aromatic heterocycles. The van der Waals surface area contributed by atoms with E-state index in [2.05, 4.69) is 4.98 Å². The summed E-state index contributed by atoms with van der Waals surface area (Å²) >= 11 is 0. The Morgan fingerprint density at radius 1 is 1.30 bits per heavy atom. The molecule has 1 aliphatic carbocycles. The second-order valence-electron chi connectivity index (χ2n) is 6.23. The first-order valence-corrected chi connectivity index (χ1v) is 7.91. The molecule has 23 heavy (non-hydrogen) atoms. The Morgan fingerprint density at radius 3 is 2.70 bits per heavy atom. The van der Waals surface area contributed by atoms with E-state index >= 15 is 0 Å². The van der Waals surface area contributed by atoms with E-state index in [0.29, 0.717) is 11.6 Å². The Morgan fingerprint density at radius 2 is 2.04 bits per heavy atom. The van der Waals surface area contributed by atoms with Crippen molar-refractivity contribution >= 4 is 17.7 Å². The second kappa shape index (κ2) is 5.76. The zero-order valence-electron chi connectivity index (χ0n) is 13.5. The molecule has 3 atom stereocenters. The highest BCUT2D eigenvalue weighted by Crippen LogP contribution is 2.48. The van der Waals surface area contributed by atoms with Crippen LogP contribution in [0, 0.1) is 12.8 Å². The van der Waals surface area contributed by atoms with Crippen LogP contribution in [0.15, 0.2) is 12.3 Å². The average Bonchev–Trinajstić information content (AvgIpc) is 3.17. The molecule has 122 valence electrons. The summed E-state index contributed by atoms with van der Waals surface area (Å²) in [6, 6.07) is 1.34. The van der Waals surface area contributed by atoms with E-state index in [9.17, 15) is 14.4 Å². The van der Waals surface area contributed by atoms with Gasteiger partial charge < -0.3 is 9.64 Å². The van der Waals surface area contributed by atoms with Gasteiger partial charge in [-0.2, -0.15) is 0 Å². The molecule has 1 saturated carbocycles. The summed E-state index contributed by atoms with van der Waals surface area (Å²) in [5.41, 5.74) is 1.08. The lowest BCUT2D eigenvalue weighted by molar-refractivity contribution is -0.121. The van der Waals surface area contributed by atoms with Crippen molar-refractivity contribution in [2.75, 3.05) is 6.61 Å². The number of rotatable bonds is 4. The lowest BCUT2D eigenvalue weighted by atomic mass is 10.0. The van der Waals surface area contributed by atoms with Crippen LogP contribution in [0.25, 0.3) is 0 Å². The van der Waals surface area contributed by atoms with Crippen LogP contribution in [-0.4, -0.2) is 46.2 Å². The first-order valence-electron chi connectivity index (χ1n) is 7.91. The van der Waals surface area contributed by atoms with Gasteiger partial charge in [-0.3, -0.25) is 14.6 Å². The number of pyridine rings is 1. The number of carbonyl (C=O) groups excluding carboxylic acids is 3. The molecule has 2 heterocycles. The molecular weight excluding hydrogens is 296 g/mol. The van der Waals surface area contributed by atoms with Crippen molar-refractivity contribution in [3.05, 3.63) is 29.1 Å². The van der Waals surface area contributed by atoms with Crippen molar-refractivity contribution in [2.45, 2.75) is 45.7 Å². The molecule has 2 aliphatic rings. The average molecular weight is 316 g/mol. The third-order valence-corrected chi connectivity index (χ3v) is 4.57. The monoisotopic (exact) mass is 316 g/mol. The number of aryl methyl sites for hydroxylation is 1. The topological polar surface area (TPSA) is 76.6 Å². The van der Waals surface area contributed by atoms with Gasteiger partial charge in [0.15, 0.2) is 5.78 Å². The molecule has 1 aliphatic heterocycles. The van der Waals surface area contributed by atoms with Crippen LogP contribution in [0.1, 0.15) is 53.1 Å². The molecular formula is C17H20N2O4. The lowest BCUT2D eigenvalue weighted by Gasteiger charge is -2.26. The Kier molecular flexibility index (Phi) is 3.92. The van der Waals surface area contributed by atoms with Crippen molar-refractivity contribution < 1.29 is 19.1 Å². The van der Waals surface area contributed by atoms with E-state index in [1.165, 1.54) is 13.1 Å². The zero-order chi connectivity index (χ0) is 16.7. The van der Waals surface area contributed by atoms with Crippen molar-refractivity contribution in [1.82, 2.24) is 9.88 Å². The third-order valence-electron chi connectivity index (χ3n) is 4.57. The number of hydrogen-bond donors (Lipinski definition) is 0. The number of likely N-dealkylation sites (tertiary alicyclic amines) is 1. The van der Waals surface area contributed by atoms with Crippen LogP contribution in [0.2, 0.25) is 0 Å². The van der Waals surface area contributed by atoms with Crippen LogP contribution in [0.4, 0.5) is 0 Å². The maximum atomic E-state index is 13.0. The van der Waals surface area contributed by atoms with Crippen LogP contribution in [0.3, 0.4) is 0 Å². The quantitative estimate of drug-likeness (QED) is 0.791. The van der Waals surface area contributed by atoms with Gasteiger partial charge in [-0.25, -0.2) is 4.79 Å². The first kappa shape index (κ1) is 15.6. The van der Waals surface area contributed by atoms with Gasteiger partial charge in [0.05, 0.1) is 23.8 Å². The van der Waals surface area contributed by atoms with Crippen LogP contribution < -0.4 is 0 Å². The predicted octanol–water partition coefficient (Wildman–Crippen LogP) is 1.76. The summed E-state index contributed by atoms with van der Waals surface area (Å²) in [7, 11) is 0. The standard InChI is InChI=1S/C17H20N2O4/c1-4-23-17(22)13-8-18-9(2)5-12(13)16(21)19-14(10(3)20)6-11-7-15(11)19/h5,8,11,14-15H,4,6-7H2,1-3H3/t11-,14+,15+/m0/s1. The number of hydrogen-bond acceptors (Lipinski definition) is 5. The van der Waals surface area contributed by atoms with Gasteiger partial charge in [-0.15, -0.1) is 0 Å². The summed E-state index contributed by atoms with van der Waals surface area (Å²) in [6.45, 7) is 5.21. The fraction of sp³-hybridized carbons (Fsp3) is 0.529. The summed E-state index contributed by atoms with van der Waals surface area (Å²) in [4.78, 5) is 42.7. The predicted molar refractivity (Wildman–Crippen MR) is 82.1 cm³/mol. The number of aromatic nitrogens is 1. The number of esters is 1. The second-order valence-corrected chi connectivity index (χ2v) is 6.23. The van der Waals surface area contributed by atoms with Gasteiger partial charge >= 0.3 is 5.97 Å².